The van der Waals surface area contributed by atoms with E-state index in [1.165, 1.54) is 19.3 Å². The van der Waals surface area contributed by atoms with Crippen molar-refractivity contribution in [3.63, 3.8) is 0 Å². The van der Waals surface area contributed by atoms with Crippen molar-refractivity contribution >= 4 is 11.8 Å². The molecule has 22 heavy (non-hydrogen) atoms. The second-order valence-corrected chi connectivity index (χ2v) is 6.24. The maximum absolute atomic E-state index is 12.4. The quantitative estimate of drug-likeness (QED) is 0.932. The van der Waals surface area contributed by atoms with Crippen molar-refractivity contribution in [2.24, 2.45) is 0 Å². The fourth-order valence-electron chi connectivity index (χ4n) is 3.30. The van der Waals surface area contributed by atoms with Crippen LogP contribution in [0.4, 0.5) is 0 Å². The maximum atomic E-state index is 12.4. The standard InChI is InChI=1S/C17H23N3O2/c21-16(19-14-6-2-1-3-7-14)15-12-13(8-9-18-15)17(22)20-10-4-5-11-20/h8-9,12,14H,1-7,10-11H2,(H,19,21). The Bertz CT molecular complexity index is 547. The molecule has 1 saturated heterocycles. The minimum Gasteiger partial charge on any atom is -0.348 e. The summed E-state index contributed by atoms with van der Waals surface area (Å²) in [6.07, 6.45) is 9.36. The van der Waals surface area contributed by atoms with Gasteiger partial charge in [-0.15, -0.1) is 0 Å². The molecule has 0 unspecified atom stereocenters. The van der Waals surface area contributed by atoms with Crippen LogP contribution in [0.3, 0.4) is 0 Å². The minimum atomic E-state index is -0.164. The van der Waals surface area contributed by atoms with Gasteiger partial charge in [-0.3, -0.25) is 14.6 Å². The molecular weight excluding hydrogens is 278 g/mol. The van der Waals surface area contributed by atoms with Crippen LogP contribution in [-0.4, -0.2) is 40.8 Å². The van der Waals surface area contributed by atoms with E-state index in [2.05, 4.69) is 10.3 Å². The van der Waals surface area contributed by atoms with E-state index >= 15 is 0 Å². The molecule has 1 saturated carbocycles. The molecule has 118 valence electrons. The summed E-state index contributed by atoms with van der Waals surface area (Å²) in [5.41, 5.74) is 0.904. The van der Waals surface area contributed by atoms with Crippen molar-refractivity contribution in [3.8, 4) is 0 Å². The van der Waals surface area contributed by atoms with Crippen LogP contribution in [0.25, 0.3) is 0 Å². The summed E-state index contributed by atoms with van der Waals surface area (Å²) < 4.78 is 0. The maximum Gasteiger partial charge on any atom is 0.270 e. The number of pyridine rings is 1. The first-order valence-corrected chi connectivity index (χ1v) is 8.30. The normalized spacial score (nSPS) is 19.2. The lowest BCUT2D eigenvalue weighted by Gasteiger charge is -2.22. The summed E-state index contributed by atoms with van der Waals surface area (Å²) in [7, 11) is 0. The Morgan fingerprint density at radius 2 is 1.82 bits per heavy atom. The van der Waals surface area contributed by atoms with Gasteiger partial charge in [0.15, 0.2) is 0 Å². The lowest BCUT2D eigenvalue weighted by atomic mass is 9.95. The summed E-state index contributed by atoms with van der Waals surface area (Å²) in [6.45, 7) is 1.62. The van der Waals surface area contributed by atoms with Gasteiger partial charge in [0.1, 0.15) is 5.69 Å². The topological polar surface area (TPSA) is 62.3 Å². The van der Waals surface area contributed by atoms with Crippen LogP contribution in [0.2, 0.25) is 0 Å². The average Bonchev–Trinajstić information content (AvgIpc) is 3.09. The molecule has 1 N–H and O–H groups in total. The van der Waals surface area contributed by atoms with E-state index < -0.39 is 0 Å². The average molecular weight is 301 g/mol. The number of rotatable bonds is 3. The van der Waals surface area contributed by atoms with Gasteiger partial charge in [0.25, 0.3) is 11.8 Å². The molecule has 0 bridgehead atoms. The Balaban J connectivity index is 1.67. The first kappa shape index (κ1) is 15.0. The van der Waals surface area contributed by atoms with Crippen LogP contribution in [0.5, 0.6) is 0 Å². The van der Waals surface area contributed by atoms with E-state index in [-0.39, 0.29) is 17.9 Å². The van der Waals surface area contributed by atoms with Crippen molar-refractivity contribution in [2.45, 2.75) is 51.0 Å². The van der Waals surface area contributed by atoms with Crippen molar-refractivity contribution in [3.05, 3.63) is 29.6 Å². The fourth-order valence-corrected chi connectivity index (χ4v) is 3.30. The summed E-state index contributed by atoms with van der Waals surface area (Å²) in [5, 5.41) is 3.04. The molecule has 0 spiro atoms. The Morgan fingerprint density at radius 1 is 1.09 bits per heavy atom. The fraction of sp³-hybridized carbons (Fsp3) is 0.588. The zero-order valence-electron chi connectivity index (χ0n) is 12.9. The zero-order chi connectivity index (χ0) is 15.4. The molecule has 2 fully saturated rings. The van der Waals surface area contributed by atoms with Crippen molar-refractivity contribution in [1.82, 2.24) is 15.2 Å². The third-order valence-electron chi connectivity index (χ3n) is 4.57. The molecule has 2 heterocycles. The van der Waals surface area contributed by atoms with Crippen LogP contribution < -0.4 is 5.32 Å². The number of likely N-dealkylation sites (tertiary alicyclic amines) is 1. The van der Waals surface area contributed by atoms with Crippen LogP contribution in [0.1, 0.15) is 65.8 Å². The molecule has 5 heteroatoms. The van der Waals surface area contributed by atoms with E-state index in [0.717, 1.165) is 38.8 Å². The molecule has 0 aromatic carbocycles. The van der Waals surface area contributed by atoms with Crippen molar-refractivity contribution < 1.29 is 9.59 Å². The molecule has 0 atom stereocenters. The van der Waals surface area contributed by atoms with E-state index in [9.17, 15) is 9.59 Å². The third kappa shape index (κ3) is 3.46. The van der Waals surface area contributed by atoms with Gasteiger partial charge in [-0.25, -0.2) is 0 Å². The van der Waals surface area contributed by atoms with Gasteiger partial charge in [-0.05, 0) is 37.8 Å². The predicted octanol–water partition coefficient (Wildman–Crippen LogP) is 2.38. The van der Waals surface area contributed by atoms with Gasteiger partial charge in [-0.1, -0.05) is 19.3 Å². The largest absolute Gasteiger partial charge is 0.348 e. The minimum absolute atomic E-state index is 0.00613. The van der Waals surface area contributed by atoms with Crippen LogP contribution in [0.15, 0.2) is 18.3 Å². The molecular formula is C17H23N3O2. The molecule has 3 rings (SSSR count). The molecule has 2 amide bonds. The van der Waals surface area contributed by atoms with Gasteiger partial charge in [0.2, 0.25) is 0 Å². The summed E-state index contributed by atoms with van der Waals surface area (Å²) in [4.78, 5) is 30.7. The van der Waals surface area contributed by atoms with Gasteiger partial charge in [-0.2, -0.15) is 0 Å². The SMILES string of the molecule is O=C(NC1CCCCC1)c1cc(C(=O)N2CCCC2)ccn1. The van der Waals surface area contributed by atoms with Gasteiger partial charge >= 0.3 is 0 Å². The van der Waals surface area contributed by atoms with E-state index in [1.54, 1.807) is 18.3 Å². The number of carbonyl (C=O) groups excluding carboxylic acids is 2. The highest BCUT2D eigenvalue weighted by Crippen LogP contribution is 2.18. The van der Waals surface area contributed by atoms with Gasteiger partial charge < -0.3 is 10.2 Å². The smallest absolute Gasteiger partial charge is 0.270 e. The van der Waals surface area contributed by atoms with Gasteiger partial charge in [0, 0.05) is 30.9 Å². The molecule has 5 nitrogen and oxygen atoms in total. The number of hydrogen-bond donors (Lipinski definition) is 1. The third-order valence-corrected chi connectivity index (χ3v) is 4.57. The number of amides is 2. The Morgan fingerprint density at radius 3 is 2.55 bits per heavy atom. The highest BCUT2D eigenvalue weighted by molar-refractivity contribution is 5.98. The number of aromatic nitrogens is 1. The second kappa shape index (κ2) is 6.90. The zero-order valence-corrected chi connectivity index (χ0v) is 12.9. The number of nitrogens with zero attached hydrogens (tertiary/aromatic N) is 2. The van der Waals surface area contributed by atoms with Crippen molar-refractivity contribution in [1.29, 1.82) is 0 Å². The Kier molecular flexibility index (Phi) is 4.71. The second-order valence-electron chi connectivity index (χ2n) is 6.24. The van der Waals surface area contributed by atoms with Crippen molar-refractivity contribution in [2.75, 3.05) is 13.1 Å². The van der Waals surface area contributed by atoms with Crippen LogP contribution >= 0.6 is 0 Å². The van der Waals surface area contributed by atoms with E-state index in [0.29, 0.717) is 11.3 Å². The predicted molar refractivity (Wildman–Crippen MR) is 83.7 cm³/mol. The lowest BCUT2D eigenvalue weighted by Crippen LogP contribution is -2.36. The molecule has 1 aliphatic heterocycles. The van der Waals surface area contributed by atoms with Crippen LogP contribution in [-0.2, 0) is 0 Å². The molecule has 0 radical (unpaired) electrons. The highest BCUT2D eigenvalue weighted by Gasteiger charge is 2.22. The summed E-state index contributed by atoms with van der Waals surface area (Å²) in [6, 6.07) is 3.57. The first-order chi connectivity index (χ1) is 10.7. The lowest BCUT2D eigenvalue weighted by molar-refractivity contribution is 0.0792. The first-order valence-electron chi connectivity index (χ1n) is 8.30. The Hall–Kier alpha value is -1.91. The number of carbonyl (C=O) groups is 2. The van der Waals surface area contributed by atoms with E-state index in [4.69, 9.17) is 0 Å². The number of hydrogen-bond acceptors (Lipinski definition) is 3. The summed E-state index contributed by atoms with van der Waals surface area (Å²) >= 11 is 0. The molecule has 2 aliphatic rings. The molecule has 1 aromatic rings. The highest BCUT2D eigenvalue weighted by atomic mass is 16.2. The van der Waals surface area contributed by atoms with E-state index in [1.807, 2.05) is 4.90 Å². The number of nitrogens with one attached hydrogen (secondary N) is 1. The van der Waals surface area contributed by atoms with Crippen LogP contribution in [0, 0.1) is 0 Å². The van der Waals surface area contributed by atoms with Gasteiger partial charge in [0.05, 0.1) is 0 Å². The monoisotopic (exact) mass is 301 g/mol. The molecule has 1 aromatic heterocycles. The Labute approximate surface area is 131 Å². The summed E-state index contributed by atoms with van der Waals surface area (Å²) in [5.74, 6) is -0.158. The molecule has 1 aliphatic carbocycles.